The number of likely N-dealkylation sites (N-methyl/N-ethyl adjacent to an activating group) is 1. The van der Waals surface area contributed by atoms with Crippen molar-refractivity contribution in [3.63, 3.8) is 0 Å². The van der Waals surface area contributed by atoms with Gasteiger partial charge in [-0.2, -0.15) is 0 Å². The van der Waals surface area contributed by atoms with E-state index in [1.54, 1.807) is 12.1 Å². The van der Waals surface area contributed by atoms with Crippen molar-refractivity contribution in [2.45, 2.75) is 57.4 Å². The van der Waals surface area contributed by atoms with Crippen LogP contribution in [-0.2, 0) is 22.7 Å². The highest BCUT2D eigenvalue weighted by atomic mass is 19.1. The van der Waals surface area contributed by atoms with Gasteiger partial charge in [-0.05, 0) is 50.1 Å². The standard InChI is InChI=1S/C26H33FN4O2/c1-18-3-5-20(6-4-18)17-31-14-13-23-25(31)26(33)29-16-22(30(23)2)11-12-24(32)28-15-19-7-9-21(27)10-8-19/h3-10,22-23,25H,11-17H2,1-2H3,(H,28,32)(H,29,33)/t22-,23+,25-/m0/s1. The summed E-state index contributed by atoms with van der Waals surface area (Å²) in [6, 6.07) is 14.7. The van der Waals surface area contributed by atoms with Crippen molar-refractivity contribution < 1.29 is 14.0 Å². The molecule has 2 amide bonds. The molecule has 0 unspecified atom stereocenters. The number of rotatable bonds is 7. The first-order valence-electron chi connectivity index (χ1n) is 11.7. The average Bonchev–Trinajstić information content (AvgIpc) is 3.18. The fourth-order valence-corrected chi connectivity index (χ4v) is 4.94. The van der Waals surface area contributed by atoms with Crippen LogP contribution < -0.4 is 10.6 Å². The molecule has 2 aliphatic rings. The molecule has 3 atom stereocenters. The topological polar surface area (TPSA) is 64.7 Å². The van der Waals surface area contributed by atoms with Crippen molar-refractivity contribution in [2.24, 2.45) is 0 Å². The maximum absolute atomic E-state index is 13.0. The second kappa shape index (κ2) is 10.4. The predicted octanol–water partition coefficient (Wildman–Crippen LogP) is 2.60. The first kappa shape index (κ1) is 23.4. The number of fused-ring (bicyclic) bond motifs is 1. The van der Waals surface area contributed by atoms with Crippen LogP contribution in [0.4, 0.5) is 4.39 Å². The van der Waals surface area contributed by atoms with Crippen molar-refractivity contribution in [2.75, 3.05) is 20.1 Å². The van der Waals surface area contributed by atoms with Crippen LogP contribution in [-0.4, -0.2) is 59.9 Å². The van der Waals surface area contributed by atoms with E-state index < -0.39 is 0 Å². The fraction of sp³-hybridized carbons (Fsp3) is 0.462. The van der Waals surface area contributed by atoms with Crippen LogP contribution in [0.1, 0.15) is 36.0 Å². The summed E-state index contributed by atoms with van der Waals surface area (Å²) >= 11 is 0. The van der Waals surface area contributed by atoms with Crippen molar-refractivity contribution in [3.05, 3.63) is 71.0 Å². The van der Waals surface area contributed by atoms with Crippen LogP contribution in [0.15, 0.2) is 48.5 Å². The van der Waals surface area contributed by atoms with Gasteiger partial charge in [0.15, 0.2) is 0 Å². The van der Waals surface area contributed by atoms with Gasteiger partial charge in [0.1, 0.15) is 11.9 Å². The van der Waals surface area contributed by atoms with Crippen molar-refractivity contribution in [1.29, 1.82) is 0 Å². The third kappa shape index (κ3) is 5.78. The summed E-state index contributed by atoms with van der Waals surface area (Å²) in [6.45, 7) is 4.65. The van der Waals surface area contributed by atoms with E-state index in [1.165, 1.54) is 23.3 Å². The van der Waals surface area contributed by atoms with Crippen LogP contribution in [0.2, 0.25) is 0 Å². The number of benzene rings is 2. The normalized spacial score (nSPS) is 23.6. The van der Waals surface area contributed by atoms with Gasteiger partial charge in [0, 0.05) is 44.7 Å². The van der Waals surface area contributed by atoms with Gasteiger partial charge < -0.3 is 10.6 Å². The smallest absolute Gasteiger partial charge is 0.239 e. The third-order valence-electron chi connectivity index (χ3n) is 6.96. The largest absolute Gasteiger partial charge is 0.353 e. The number of hydrogen-bond acceptors (Lipinski definition) is 4. The number of carbonyl (C=O) groups excluding carboxylic acids is 2. The molecule has 6 nitrogen and oxygen atoms in total. The molecule has 2 aromatic carbocycles. The Balaban J connectivity index is 1.31. The minimum Gasteiger partial charge on any atom is -0.353 e. The molecule has 176 valence electrons. The number of hydrogen-bond donors (Lipinski definition) is 2. The number of amides is 2. The van der Waals surface area contributed by atoms with Gasteiger partial charge in [0.05, 0.1) is 0 Å². The number of carbonyl (C=O) groups is 2. The van der Waals surface area contributed by atoms with Crippen molar-refractivity contribution in [1.82, 2.24) is 20.4 Å². The summed E-state index contributed by atoms with van der Waals surface area (Å²) in [5, 5.41) is 6.03. The molecule has 0 aromatic heterocycles. The van der Waals surface area contributed by atoms with Crippen LogP contribution >= 0.6 is 0 Å². The molecule has 2 N–H and O–H groups in total. The molecule has 0 radical (unpaired) electrons. The quantitative estimate of drug-likeness (QED) is 0.678. The Morgan fingerprint density at radius 2 is 1.82 bits per heavy atom. The molecule has 4 rings (SSSR count). The summed E-state index contributed by atoms with van der Waals surface area (Å²) in [7, 11) is 2.08. The highest BCUT2D eigenvalue weighted by Gasteiger charge is 2.44. The van der Waals surface area contributed by atoms with E-state index in [0.717, 1.165) is 25.1 Å². The Bertz CT molecular complexity index is 963. The van der Waals surface area contributed by atoms with E-state index in [1.807, 2.05) is 0 Å². The van der Waals surface area contributed by atoms with Gasteiger partial charge in [-0.3, -0.25) is 19.4 Å². The number of aryl methyl sites for hydroxylation is 1. The summed E-state index contributed by atoms with van der Waals surface area (Å²) < 4.78 is 13.0. The number of nitrogens with zero attached hydrogens (tertiary/aromatic N) is 2. The van der Waals surface area contributed by atoms with Crippen LogP contribution in [0.5, 0.6) is 0 Å². The third-order valence-corrected chi connectivity index (χ3v) is 6.96. The monoisotopic (exact) mass is 452 g/mol. The Morgan fingerprint density at radius 1 is 1.12 bits per heavy atom. The van der Waals surface area contributed by atoms with E-state index >= 15 is 0 Å². The number of likely N-dealkylation sites (tertiary alicyclic amines) is 1. The molecule has 2 saturated heterocycles. The Labute approximate surface area is 195 Å². The molecule has 7 heteroatoms. The SMILES string of the molecule is Cc1ccc(CN2CC[C@@H]3[C@H]2C(=O)NC[C@H](CCC(=O)NCc2ccc(F)cc2)N3C)cc1. The van der Waals surface area contributed by atoms with E-state index in [-0.39, 0.29) is 35.8 Å². The lowest BCUT2D eigenvalue weighted by atomic mass is 10.0. The second-order valence-electron chi connectivity index (χ2n) is 9.26. The molecule has 0 bridgehead atoms. The second-order valence-corrected chi connectivity index (χ2v) is 9.26. The predicted molar refractivity (Wildman–Crippen MR) is 126 cm³/mol. The van der Waals surface area contributed by atoms with Gasteiger partial charge in [-0.1, -0.05) is 42.0 Å². The molecular formula is C26H33FN4O2. The summed E-state index contributed by atoms with van der Waals surface area (Å²) in [5.41, 5.74) is 3.32. The molecule has 2 heterocycles. The molecule has 0 aliphatic carbocycles. The van der Waals surface area contributed by atoms with Crippen LogP contribution in [0, 0.1) is 12.7 Å². The Kier molecular flexibility index (Phi) is 7.40. The van der Waals surface area contributed by atoms with E-state index in [9.17, 15) is 14.0 Å². The molecule has 2 aliphatic heterocycles. The molecule has 2 aromatic rings. The minimum atomic E-state index is -0.286. The molecular weight excluding hydrogens is 419 g/mol. The highest BCUT2D eigenvalue weighted by Crippen LogP contribution is 2.28. The lowest BCUT2D eigenvalue weighted by Gasteiger charge is -2.33. The van der Waals surface area contributed by atoms with Crippen LogP contribution in [0.3, 0.4) is 0 Å². The lowest BCUT2D eigenvalue weighted by molar-refractivity contribution is -0.126. The zero-order chi connectivity index (χ0) is 23.4. The van der Waals surface area contributed by atoms with Gasteiger partial charge in [0.25, 0.3) is 0 Å². The number of halogens is 1. The maximum atomic E-state index is 13.0. The van der Waals surface area contributed by atoms with E-state index in [2.05, 4.69) is 58.7 Å². The van der Waals surface area contributed by atoms with Gasteiger partial charge >= 0.3 is 0 Å². The number of nitrogens with one attached hydrogen (secondary N) is 2. The maximum Gasteiger partial charge on any atom is 0.239 e. The Morgan fingerprint density at radius 3 is 2.55 bits per heavy atom. The van der Waals surface area contributed by atoms with Crippen molar-refractivity contribution in [3.8, 4) is 0 Å². The Hall–Kier alpha value is -2.77. The summed E-state index contributed by atoms with van der Waals surface area (Å²) in [5.74, 6) is -0.238. The summed E-state index contributed by atoms with van der Waals surface area (Å²) in [4.78, 5) is 29.9. The summed E-state index contributed by atoms with van der Waals surface area (Å²) in [6.07, 6.45) is 2.00. The molecule has 2 fully saturated rings. The van der Waals surface area contributed by atoms with Gasteiger partial charge in [-0.15, -0.1) is 0 Å². The fourth-order valence-electron chi connectivity index (χ4n) is 4.94. The average molecular weight is 453 g/mol. The molecule has 0 spiro atoms. The zero-order valence-corrected chi connectivity index (χ0v) is 19.4. The highest BCUT2D eigenvalue weighted by molar-refractivity contribution is 5.83. The first-order valence-corrected chi connectivity index (χ1v) is 11.7. The molecule has 0 saturated carbocycles. The zero-order valence-electron chi connectivity index (χ0n) is 19.4. The van der Waals surface area contributed by atoms with E-state index in [0.29, 0.717) is 25.9 Å². The van der Waals surface area contributed by atoms with Gasteiger partial charge in [0.2, 0.25) is 11.8 Å². The van der Waals surface area contributed by atoms with Gasteiger partial charge in [-0.25, -0.2) is 4.39 Å². The minimum absolute atomic E-state index is 0.0349. The van der Waals surface area contributed by atoms with Crippen LogP contribution in [0.25, 0.3) is 0 Å². The molecule has 33 heavy (non-hydrogen) atoms. The lowest BCUT2D eigenvalue weighted by Crippen LogP contribution is -2.49. The first-order chi connectivity index (χ1) is 15.9. The van der Waals surface area contributed by atoms with Crippen molar-refractivity contribution >= 4 is 11.8 Å². The van der Waals surface area contributed by atoms with E-state index in [4.69, 9.17) is 0 Å².